The monoisotopic (exact) mass is 336 g/mol. The van der Waals surface area contributed by atoms with E-state index in [1.807, 2.05) is 12.0 Å². The Kier molecular flexibility index (Phi) is 5.80. The van der Waals surface area contributed by atoms with Crippen LogP contribution >= 0.6 is 0 Å². The molecule has 5 heteroatoms. The van der Waals surface area contributed by atoms with Crippen LogP contribution in [0.4, 0.5) is 0 Å². The molecule has 0 aromatic rings. The lowest BCUT2D eigenvalue weighted by atomic mass is 9.76. The Bertz CT molecular complexity index is 468. The van der Waals surface area contributed by atoms with E-state index >= 15 is 0 Å². The molecule has 3 fully saturated rings. The summed E-state index contributed by atoms with van der Waals surface area (Å²) >= 11 is 0. The van der Waals surface area contributed by atoms with E-state index in [0.29, 0.717) is 18.9 Å². The van der Waals surface area contributed by atoms with Crippen LogP contribution in [0.3, 0.4) is 0 Å². The van der Waals surface area contributed by atoms with E-state index in [9.17, 15) is 9.59 Å². The summed E-state index contributed by atoms with van der Waals surface area (Å²) in [7, 11) is 1.81. The maximum Gasteiger partial charge on any atom is 0.222 e. The largest absolute Gasteiger partial charge is 0.381 e. The van der Waals surface area contributed by atoms with Gasteiger partial charge in [-0.25, -0.2) is 0 Å². The van der Waals surface area contributed by atoms with Gasteiger partial charge in [-0.2, -0.15) is 0 Å². The second-order valence-corrected chi connectivity index (χ2v) is 7.84. The highest BCUT2D eigenvalue weighted by Crippen LogP contribution is 2.46. The summed E-state index contributed by atoms with van der Waals surface area (Å²) in [4.78, 5) is 28.5. The molecule has 1 saturated carbocycles. The van der Waals surface area contributed by atoms with Crippen LogP contribution in [-0.2, 0) is 14.3 Å². The number of hydrogen-bond donors (Lipinski definition) is 0. The number of likely N-dealkylation sites (tertiary alicyclic amines) is 2. The topological polar surface area (TPSA) is 49.9 Å². The molecule has 0 radical (unpaired) electrons. The summed E-state index contributed by atoms with van der Waals surface area (Å²) in [5.74, 6) is 0.528. The minimum atomic E-state index is 0.200. The molecule has 0 N–H and O–H groups in total. The molecule has 24 heavy (non-hydrogen) atoms. The fourth-order valence-electron chi connectivity index (χ4n) is 4.99. The smallest absolute Gasteiger partial charge is 0.222 e. The number of carbonyl (C=O) groups is 2. The van der Waals surface area contributed by atoms with Gasteiger partial charge in [0.2, 0.25) is 11.8 Å². The Hall–Kier alpha value is -1.10. The maximum absolute atomic E-state index is 12.6. The molecule has 1 aliphatic carbocycles. The highest BCUT2D eigenvalue weighted by Gasteiger charge is 2.46. The molecule has 2 saturated heterocycles. The van der Waals surface area contributed by atoms with Crippen LogP contribution in [0.1, 0.15) is 64.2 Å². The fraction of sp³-hybridized carbons (Fsp3) is 0.895. The molecule has 3 aliphatic rings. The molecule has 0 aromatic heterocycles. The molecule has 136 valence electrons. The number of methoxy groups -OCH3 is 1. The van der Waals surface area contributed by atoms with Gasteiger partial charge in [-0.15, -0.1) is 0 Å². The zero-order valence-electron chi connectivity index (χ0n) is 15.1. The van der Waals surface area contributed by atoms with Gasteiger partial charge in [-0.1, -0.05) is 6.42 Å². The minimum Gasteiger partial charge on any atom is -0.381 e. The first kappa shape index (κ1) is 17.7. The highest BCUT2D eigenvalue weighted by molar-refractivity contribution is 5.77. The molecule has 2 atom stereocenters. The number of piperidine rings is 2. The summed E-state index contributed by atoms with van der Waals surface area (Å²) in [6, 6.07) is 0. The van der Waals surface area contributed by atoms with Crippen LogP contribution < -0.4 is 0 Å². The second-order valence-electron chi connectivity index (χ2n) is 7.84. The Morgan fingerprint density at radius 1 is 1.21 bits per heavy atom. The van der Waals surface area contributed by atoms with Crippen molar-refractivity contribution in [2.45, 2.75) is 70.3 Å². The van der Waals surface area contributed by atoms with Gasteiger partial charge in [0.25, 0.3) is 0 Å². The highest BCUT2D eigenvalue weighted by atomic mass is 16.5. The summed E-state index contributed by atoms with van der Waals surface area (Å²) in [6.45, 7) is 3.37. The lowest BCUT2D eigenvalue weighted by Gasteiger charge is -2.43. The predicted octanol–water partition coefficient (Wildman–Crippen LogP) is 2.59. The van der Waals surface area contributed by atoms with Crippen LogP contribution in [0.15, 0.2) is 0 Å². The first-order valence-corrected chi connectivity index (χ1v) is 9.73. The van der Waals surface area contributed by atoms with Gasteiger partial charge >= 0.3 is 0 Å². The summed E-state index contributed by atoms with van der Waals surface area (Å²) in [5, 5.41) is 0. The lowest BCUT2D eigenvalue weighted by molar-refractivity contribution is -0.138. The summed E-state index contributed by atoms with van der Waals surface area (Å²) < 4.78 is 5.72. The summed E-state index contributed by atoms with van der Waals surface area (Å²) in [6.07, 6.45) is 10.3. The second kappa shape index (κ2) is 7.85. The SMILES string of the molecule is CO[C@@H]1CCC[C@]12CCCN(C(=O)CCCN1CCCCC1=O)C2. The third kappa shape index (κ3) is 3.76. The molecular formula is C19H32N2O3. The molecule has 2 amide bonds. The molecule has 0 aromatic carbocycles. The Morgan fingerprint density at radius 3 is 2.83 bits per heavy atom. The van der Waals surface area contributed by atoms with E-state index in [-0.39, 0.29) is 17.2 Å². The molecule has 2 heterocycles. The van der Waals surface area contributed by atoms with Gasteiger partial charge in [-0.05, 0) is 44.9 Å². The average Bonchev–Trinajstić information content (AvgIpc) is 2.98. The number of rotatable bonds is 5. The van der Waals surface area contributed by atoms with E-state index < -0.39 is 0 Å². The van der Waals surface area contributed by atoms with Gasteiger partial charge in [0, 0.05) is 51.5 Å². The molecule has 0 bridgehead atoms. The van der Waals surface area contributed by atoms with Crippen molar-refractivity contribution in [3.05, 3.63) is 0 Å². The first-order chi connectivity index (χ1) is 11.6. The zero-order chi connectivity index (χ0) is 17.0. The van der Waals surface area contributed by atoms with Gasteiger partial charge in [0.1, 0.15) is 0 Å². The Labute approximate surface area is 145 Å². The number of ether oxygens (including phenoxy) is 1. The van der Waals surface area contributed by atoms with Gasteiger partial charge < -0.3 is 14.5 Å². The lowest BCUT2D eigenvalue weighted by Crippen LogP contribution is -2.49. The van der Waals surface area contributed by atoms with Crippen LogP contribution in [0.2, 0.25) is 0 Å². The Balaban J connectivity index is 1.47. The van der Waals surface area contributed by atoms with E-state index in [4.69, 9.17) is 4.74 Å². The number of hydrogen-bond acceptors (Lipinski definition) is 3. The maximum atomic E-state index is 12.6. The average molecular weight is 336 g/mol. The van der Waals surface area contributed by atoms with Crippen molar-refractivity contribution in [2.75, 3.05) is 33.3 Å². The van der Waals surface area contributed by atoms with Gasteiger partial charge in [0.05, 0.1) is 6.10 Å². The standard InChI is InChI=1S/C19H32N2O3/c1-24-16-7-4-10-19(16)11-6-14-21(15-19)18(23)9-5-13-20-12-3-2-8-17(20)22/h16H,2-15H2,1H3/t16-,19-/m1/s1. The van der Waals surface area contributed by atoms with Gasteiger partial charge in [-0.3, -0.25) is 9.59 Å². The quantitative estimate of drug-likeness (QED) is 0.775. The van der Waals surface area contributed by atoms with Crippen molar-refractivity contribution >= 4 is 11.8 Å². The van der Waals surface area contributed by atoms with Crippen LogP contribution in [0.5, 0.6) is 0 Å². The van der Waals surface area contributed by atoms with Crippen molar-refractivity contribution in [2.24, 2.45) is 5.41 Å². The third-order valence-corrected chi connectivity index (χ3v) is 6.31. The zero-order valence-corrected chi connectivity index (χ0v) is 15.1. The van der Waals surface area contributed by atoms with Gasteiger partial charge in [0.15, 0.2) is 0 Å². The first-order valence-electron chi connectivity index (χ1n) is 9.73. The molecule has 0 unspecified atom stereocenters. The minimum absolute atomic E-state index is 0.200. The van der Waals surface area contributed by atoms with E-state index in [2.05, 4.69) is 4.90 Å². The Morgan fingerprint density at radius 2 is 2.04 bits per heavy atom. The molecule has 5 nitrogen and oxygen atoms in total. The molecule has 1 spiro atoms. The fourth-order valence-corrected chi connectivity index (χ4v) is 4.99. The normalized spacial score (nSPS) is 31.0. The van der Waals surface area contributed by atoms with Crippen molar-refractivity contribution < 1.29 is 14.3 Å². The molecule has 3 rings (SSSR count). The van der Waals surface area contributed by atoms with Crippen molar-refractivity contribution in [3.8, 4) is 0 Å². The summed E-state index contributed by atoms with van der Waals surface area (Å²) in [5.41, 5.74) is 0.200. The van der Waals surface area contributed by atoms with Crippen LogP contribution in [0, 0.1) is 5.41 Å². The van der Waals surface area contributed by atoms with Crippen LogP contribution in [-0.4, -0.2) is 61.0 Å². The predicted molar refractivity (Wildman–Crippen MR) is 92.6 cm³/mol. The molecule has 2 aliphatic heterocycles. The van der Waals surface area contributed by atoms with Crippen molar-refractivity contribution in [3.63, 3.8) is 0 Å². The third-order valence-electron chi connectivity index (χ3n) is 6.31. The van der Waals surface area contributed by atoms with Crippen molar-refractivity contribution in [1.82, 2.24) is 9.80 Å². The number of carbonyl (C=O) groups excluding carboxylic acids is 2. The number of nitrogens with zero attached hydrogens (tertiary/aromatic N) is 2. The van der Waals surface area contributed by atoms with Crippen molar-refractivity contribution in [1.29, 1.82) is 0 Å². The van der Waals surface area contributed by atoms with E-state index in [1.165, 1.54) is 19.3 Å². The van der Waals surface area contributed by atoms with Crippen LogP contribution in [0.25, 0.3) is 0 Å². The van der Waals surface area contributed by atoms with E-state index in [0.717, 1.165) is 58.3 Å². The van der Waals surface area contributed by atoms with E-state index in [1.54, 1.807) is 0 Å². The number of amides is 2. The molecular weight excluding hydrogens is 304 g/mol.